The molecule has 1 aromatic carbocycles. The van der Waals surface area contributed by atoms with Crippen LogP contribution in [-0.2, 0) is 0 Å². The van der Waals surface area contributed by atoms with Crippen LogP contribution in [0.3, 0.4) is 0 Å². The summed E-state index contributed by atoms with van der Waals surface area (Å²) in [5.74, 6) is 1.31. The van der Waals surface area contributed by atoms with Crippen LogP contribution in [0.15, 0.2) is 36.4 Å². The van der Waals surface area contributed by atoms with Gasteiger partial charge in [-0.15, -0.1) is 10.2 Å². The monoisotopic (exact) mass is 384 g/mol. The van der Waals surface area contributed by atoms with Crippen LogP contribution in [0.5, 0.6) is 0 Å². The van der Waals surface area contributed by atoms with E-state index in [-0.39, 0.29) is 17.2 Å². The van der Waals surface area contributed by atoms with Gasteiger partial charge in [-0.3, -0.25) is 14.9 Å². The van der Waals surface area contributed by atoms with Gasteiger partial charge in [-0.05, 0) is 32.0 Å². The summed E-state index contributed by atoms with van der Waals surface area (Å²) in [7, 11) is 0. The second kappa shape index (κ2) is 8.64. The first kappa shape index (κ1) is 19.5. The highest BCUT2D eigenvalue weighted by Gasteiger charge is 2.27. The summed E-state index contributed by atoms with van der Waals surface area (Å²) < 4.78 is 0. The molecule has 0 spiro atoms. The SMILES string of the molecule is CCN(CC)c1ccc(N2CCN(C(=O)c3ccccc3[N+](=O)[O-])CC2)nn1. The van der Waals surface area contributed by atoms with E-state index in [1.165, 1.54) is 12.1 Å². The smallest absolute Gasteiger partial charge is 0.282 e. The fourth-order valence-corrected chi connectivity index (χ4v) is 3.33. The molecule has 1 aliphatic heterocycles. The van der Waals surface area contributed by atoms with Crippen molar-refractivity contribution in [3.05, 3.63) is 52.1 Å². The minimum absolute atomic E-state index is 0.129. The lowest BCUT2D eigenvalue weighted by Gasteiger charge is -2.35. The highest BCUT2D eigenvalue weighted by atomic mass is 16.6. The Morgan fingerprint density at radius 2 is 1.75 bits per heavy atom. The summed E-state index contributed by atoms with van der Waals surface area (Å²) in [5.41, 5.74) is -0.0305. The molecule has 9 heteroatoms. The maximum Gasteiger partial charge on any atom is 0.282 e. The van der Waals surface area contributed by atoms with E-state index in [1.54, 1.807) is 17.0 Å². The number of benzene rings is 1. The molecule has 0 radical (unpaired) electrons. The molecule has 148 valence electrons. The first-order valence-electron chi connectivity index (χ1n) is 9.41. The number of carbonyl (C=O) groups excluding carboxylic acids is 1. The Labute approximate surface area is 163 Å². The topological polar surface area (TPSA) is 95.7 Å². The number of nitrogens with zero attached hydrogens (tertiary/aromatic N) is 6. The standard InChI is InChI=1S/C19H24N6O3/c1-3-22(4-2)17-9-10-18(21-20-17)23-11-13-24(14-12-23)19(26)15-7-5-6-8-16(15)25(27)28/h5-10H,3-4,11-14H2,1-2H3. The van der Waals surface area contributed by atoms with Gasteiger partial charge in [-0.25, -0.2) is 0 Å². The van der Waals surface area contributed by atoms with E-state index in [1.807, 2.05) is 12.1 Å². The van der Waals surface area contributed by atoms with Crippen LogP contribution in [-0.4, -0.2) is 65.2 Å². The molecule has 0 bridgehead atoms. The molecule has 2 heterocycles. The number of carbonyl (C=O) groups is 1. The number of nitro benzene ring substituents is 1. The van der Waals surface area contributed by atoms with Gasteiger partial charge in [0.25, 0.3) is 11.6 Å². The average Bonchev–Trinajstić information content (AvgIpc) is 2.75. The predicted molar refractivity (Wildman–Crippen MR) is 107 cm³/mol. The van der Waals surface area contributed by atoms with Crippen molar-refractivity contribution in [1.29, 1.82) is 0 Å². The molecule has 1 saturated heterocycles. The lowest BCUT2D eigenvalue weighted by Crippen LogP contribution is -2.49. The van der Waals surface area contributed by atoms with E-state index >= 15 is 0 Å². The van der Waals surface area contributed by atoms with E-state index < -0.39 is 4.92 Å². The van der Waals surface area contributed by atoms with Gasteiger partial charge in [0.1, 0.15) is 5.56 Å². The van der Waals surface area contributed by atoms with Gasteiger partial charge in [0.2, 0.25) is 0 Å². The number of rotatable bonds is 6. The number of hydrogen-bond acceptors (Lipinski definition) is 7. The molecule has 9 nitrogen and oxygen atoms in total. The predicted octanol–water partition coefficient (Wildman–Crippen LogP) is 2.19. The maximum absolute atomic E-state index is 12.7. The third kappa shape index (κ3) is 4.03. The third-order valence-corrected chi connectivity index (χ3v) is 4.95. The average molecular weight is 384 g/mol. The summed E-state index contributed by atoms with van der Waals surface area (Å²) in [6.45, 7) is 8.05. The van der Waals surface area contributed by atoms with Crippen molar-refractivity contribution in [3.63, 3.8) is 0 Å². The molecule has 0 atom stereocenters. The van der Waals surface area contributed by atoms with Crippen molar-refractivity contribution in [2.24, 2.45) is 0 Å². The Morgan fingerprint density at radius 3 is 2.32 bits per heavy atom. The summed E-state index contributed by atoms with van der Waals surface area (Å²) in [4.78, 5) is 29.2. The van der Waals surface area contributed by atoms with Gasteiger partial charge in [-0.2, -0.15) is 0 Å². The van der Waals surface area contributed by atoms with Gasteiger partial charge >= 0.3 is 0 Å². The molecule has 0 unspecified atom stereocenters. The van der Waals surface area contributed by atoms with Crippen LogP contribution in [0.4, 0.5) is 17.3 Å². The van der Waals surface area contributed by atoms with Crippen molar-refractivity contribution < 1.29 is 9.72 Å². The summed E-state index contributed by atoms with van der Waals surface area (Å²) in [6, 6.07) is 9.97. The molecule has 2 aromatic rings. The maximum atomic E-state index is 12.7. The van der Waals surface area contributed by atoms with Gasteiger partial charge in [0, 0.05) is 45.3 Å². The number of hydrogen-bond donors (Lipinski definition) is 0. The number of aromatic nitrogens is 2. The number of anilines is 2. The minimum Gasteiger partial charge on any atom is -0.356 e. The van der Waals surface area contributed by atoms with Crippen LogP contribution in [0.2, 0.25) is 0 Å². The van der Waals surface area contributed by atoms with Crippen molar-refractivity contribution in [2.45, 2.75) is 13.8 Å². The fourth-order valence-electron chi connectivity index (χ4n) is 3.33. The molecule has 0 aliphatic carbocycles. The molecular formula is C19H24N6O3. The van der Waals surface area contributed by atoms with Gasteiger partial charge in [0.05, 0.1) is 4.92 Å². The lowest BCUT2D eigenvalue weighted by atomic mass is 10.1. The highest BCUT2D eigenvalue weighted by molar-refractivity contribution is 5.98. The zero-order chi connectivity index (χ0) is 20.1. The molecule has 1 aliphatic rings. The molecular weight excluding hydrogens is 360 g/mol. The number of piperazine rings is 1. The van der Waals surface area contributed by atoms with E-state index in [2.05, 4.69) is 33.8 Å². The molecule has 0 N–H and O–H groups in total. The van der Waals surface area contributed by atoms with E-state index in [9.17, 15) is 14.9 Å². The van der Waals surface area contributed by atoms with Crippen LogP contribution in [0.25, 0.3) is 0 Å². The molecule has 1 amide bonds. The quantitative estimate of drug-likeness (QED) is 0.556. The Kier molecular flexibility index (Phi) is 6.03. The largest absolute Gasteiger partial charge is 0.356 e. The second-order valence-electron chi connectivity index (χ2n) is 6.48. The van der Waals surface area contributed by atoms with Crippen LogP contribution in [0, 0.1) is 10.1 Å². The summed E-state index contributed by atoms with van der Waals surface area (Å²) in [5, 5.41) is 19.8. The lowest BCUT2D eigenvalue weighted by molar-refractivity contribution is -0.385. The zero-order valence-electron chi connectivity index (χ0n) is 16.1. The normalized spacial score (nSPS) is 14.1. The van der Waals surface area contributed by atoms with E-state index in [4.69, 9.17) is 0 Å². The minimum atomic E-state index is -0.517. The molecule has 0 saturated carbocycles. The summed E-state index contributed by atoms with van der Waals surface area (Å²) in [6.07, 6.45) is 0. The van der Waals surface area contributed by atoms with Crippen LogP contribution in [0.1, 0.15) is 24.2 Å². The van der Waals surface area contributed by atoms with Crippen LogP contribution < -0.4 is 9.80 Å². The fraction of sp³-hybridized carbons (Fsp3) is 0.421. The number of para-hydroxylation sites is 1. The van der Waals surface area contributed by atoms with Gasteiger partial charge < -0.3 is 14.7 Å². The van der Waals surface area contributed by atoms with E-state index in [0.29, 0.717) is 26.2 Å². The Balaban J connectivity index is 1.65. The third-order valence-electron chi connectivity index (χ3n) is 4.95. The highest BCUT2D eigenvalue weighted by Crippen LogP contribution is 2.21. The van der Waals surface area contributed by atoms with E-state index in [0.717, 1.165) is 24.7 Å². The number of nitro groups is 1. The second-order valence-corrected chi connectivity index (χ2v) is 6.48. The molecule has 3 rings (SSSR count). The summed E-state index contributed by atoms with van der Waals surface area (Å²) >= 11 is 0. The van der Waals surface area contributed by atoms with Gasteiger partial charge in [-0.1, -0.05) is 12.1 Å². The number of amides is 1. The first-order chi connectivity index (χ1) is 13.5. The van der Waals surface area contributed by atoms with Crippen LogP contribution >= 0.6 is 0 Å². The van der Waals surface area contributed by atoms with Gasteiger partial charge in [0.15, 0.2) is 11.6 Å². The van der Waals surface area contributed by atoms with Crippen molar-refractivity contribution in [3.8, 4) is 0 Å². The molecule has 1 fully saturated rings. The van der Waals surface area contributed by atoms with Crippen molar-refractivity contribution in [2.75, 3.05) is 49.1 Å². The van der Waals surface area contributed by atoms with Crippen molar-refractivity contribution >= 4 is 23.2 Å². The van der Waals surface area contributed by atoms with Crippen molar-refractivity contribution in [1.82, 2.24) is 15.1 Å². The zero-order valence-corrected chi connectivity index (χ0v) is 16.1. The Morgan fingerprint density at radius 1 is 1.07 bits per heavy atom. The molecule has 1 aromatic heterocycles. The first-order valence-corrected chi connectivity index (χ1v) is 9.41. The molecule has 28 heavy (non-hydrogen) atoms. The Bertz CT molecular complexity index is 830. The Hall–Kier alpha value is -3.23.